The van der Waals surface area contributed by atoms with Gasteiger partial charge >= 0.3 is 0 Å². The number of ether oxygens (including phenoxy) is 1. The van der Waals surface area contributed by atoms with Crippen LogP contribution in [0.4, 0.5) is 0 Å². The van der Waals surface area contributed by atoms with Crippen molar-refractivity contribution in [2.45, 2.75) is 6.42 Å². The van der Waals surface area contributed by atoms with Gasteiger partial charge in [0.25, 0.3) is 0 Å². The van der Waals surface area contributed by atoms with E-state index in [4.69, 9.17) is 16.3 Å². The molecule has 0 atom stereocenters. The predicted octanol–water partition coefficient (Wildman–Crippen LogP) is 2.56. The minimum atomic E-state index is -0.0943. The number of methoxy groups -OCH3 is 1. The summed E-state index contributed by atoms with van der Waals surface area (Å²) < 4.78 is 5.03. The highest BCUT2D eigenvalue weighted by Crippen LogP contribution is 2.23. The first-order valence-corrected chi connectivity index (χ1v) is 5.72. The maximum Gasteiger partial charge on any atom is 0.170 e. The monoisotopic (exact) mass is 262 g/mol. The lowest BCUT2D eigenvalue weighted by Crippen LogP contribution is -2.06. The molecule has 0 aliphatic carbocycles. The van der Waals surface area contributed by atoms with E-state index < -0.39 is 0 Å². The molecule has 0 aliphatic rings. The summed E-state index contributed by atoms with van der Waals surface area (Å²) >= 11 is 6.03. The van der Waals surface area contributed by atoms with Crippen molar-refractivity contribution < 1.29 is 9.53 Å². The molecule has 0 spiro atoms. The smallest absolute Gasteiger partial charge is 0.170 e. The molecule has 4 nitrogen and oxygen atoms in total. The number of nitrogens with zero attached hydrogens (tertiary/aromatic N) is 2. The fourth-order valence-corrected chi connectivity index (χ4v) is 1.81. The SMILES string of the molecule is COc1ccc(C(=O)Cc2cccnn2)c(Cl)c1. The van der Waals surface area contributed by atoms with Gasteiger partial charge in [-0.3, -0.25) is 4.79 Å². The number of aromatic nitrogens is 2. The van der Waals surface area contributed by atoms with Gasteiger partial charge in [-0.25, -0.2) is 0 Å². The molecule has 0 radical (unpaired) electrons. The van der Waals surface area contributed by atoms with E-state index in [0.29, 0.717) is 22.0 Å². The highest BCUT2D eigenvalue weighted by atomic mass is 35.5. The van der Waals surface area contributed by atoms with E-state index in [9.17, 15) is 4.79 Å². The zero-order valence-corrected chi connectivity index (χ0v) is 10.5. The maximum atomic E-state index is 12.0. The van der Waals surface area contributed by atoms with Crippen LogP contribution in [0.25, 0.3) is 0 Å². The zero-order chi connectivity index (χ0) is 13.0. The minimum absolute atomic E-state index is 0.0943. The Labute approximate surface area is 110 Å². The number of rotatable bonds is 4. The van der Waals surface area contributed by atoms with Crippen molar-refractivity contribution in [2.75, 3.05) is 7.11 Å². The Bertz CT molecular complexity index is 558. The normalized spacial score (nSPS) is 10.1. The Morgan fingerprint density at radius 3 is 2.83 bits per heavy atom. The van der Waals surface area contributed by atoms with Gasteiger partial charge in [-0.1, -0.05) is 11.6 Å². The third-order valence-electron chi connectivity index (χ3n) is 2.45. The van der Waals surface area contributed by atoms with Crippen LogP contribution in [0, 0.1) is 0 Å². The second kappa shape index (κ2) is 5.60. The zero-order valence-electron chi connectivity index (χ0n) is 9.76. The molecule has 1 heterocycles. The van der Waals surface area contributed by atoms with E-state index in [-0.39, 0.29) is 12.2 Å². The van der Waals surface area contributed by atoms with Gasteiger partial charge in [0.1, 0.15) is 5.75 Å². The second-order valence-electron chi connectivity index (χ2n) is 3.66. The molecule has 0 N–H and O–H groups in total. The summed E-state index contributed by atoms with van der Waals surface area (Å²) in [7, 11) is 1.55. The molecule has 2 aromatic rings. The molecule has 0 fully saturated rings. The molecule has 0 saturated heterocycles. The highest BCUT2D eigenvalue weighted by molar-refractivity contribution is 6.34. The van der Waals surface area contributed by atoms with E-state index in [1.807, 2.05) is 0 Å². The van der Waals surface area contributed by atoms with Crippen LogP contribution >= 0.6 is 11.6 Å². The molecule has 2 rings (SSSR count). The number of halogens is 1. The molecule has 1 aromatic heterocycles. The van der Waals surface area contributed by atoms with Gasteiger partial charge in [0.05, 0.1) is 24.2 Å². The van der Waals surface area contributed by atoms with E-state index >= 15 is 0 Å². The van der Waals surface area contributed by atoms with Crippen molar-refractivity contribution >= 4 is 17.4 Å². The van der Waals surface area contributed by atoms with E-state index in [1.165, 1.54) is 0 Å². The summed E-state index contributed by atoms with van der Waals surface area (Å²) in [4.78, 5) is 12.0. The summed E-state index contributed by atoms with van der Waals surface area (Å²) in [5.41, 5.74) is 1.08. The Kier molecular flexibility index (Phi) is 3.89. The van der Waals surface area contributed by atoms with Gasteiger partial charge in [0.15, 0.2) is 5.78 Å². The van der Waals surface area contributed by atoms with Gasteiger partial charge in [0, 0.05) is 11.8 Å². The second-order valence-corrected chi connectivity index (χ2v) is 4.07. The maximum absolute atomic E-state index is 12.0. The molecule has 1 aromatic carbocycles. The summed E-state index contributed by atoms with van der Waals surface area (Å²) in [6.07, 6.45) is 1.74. The van der Waals surface area contributed by atoms with E-state index in [1.54, 1.807) is 43.6 Å². The van der Waals surface area contributed by atoms with Crippen LogP contribution in [-0.2, 0) is 6.42 Å². The third kappa shape index (κ3) is 2.84. The first-order chi connectivity index (χ1) is 8.70. The number of hydrogen-bond donors (Lipinski definition) is 0. The number of benzene rings is 1. The third-order valence-corrected chi connectivity index (χ3v) is 2.76. The Hall–Kier alpha value is -1.94. The van der Waals surface area contributed by atoms with Crippen molar-refractivity contribution in [2.24, 2.45) is 0 Å². The highest BCUT2D eigenvalue weighted by Gasteiger charge is 2.12. The van der Waals surface area contributed by atoms with Crippen molar-refractivity contribution in [3.05, 3.63) is 52.8 Å². The predicted molar refractivity (Wildman–Crippen MR) is 68.1 cm³/mol. The van der Waals surface area contributed by atoms with Gasteiger partial charge in [0.2, 0.25) is 0 Å². The Morgan fingerprint density at radius 1 is 1.39 bits per heavy atom. The van der Waals surface area contributed by atoms with Gasteiger partial charge < -0.3 is 4.74 Å². The molecule has 0 bridgehead atoms. The fourth-order valence-electron chi connectivity index (χ4n) is 1.54. The van der Waals surface area contributed by atoms with Crippen molar-refractivity contribution in [1.82, 2.24) is 10.2 Å². The molecule has 0 saturated carbocycles. The van der Waals surface area contributed by atoms with Crippen LogP contribution in [0.2, 0.25) is 5.02 Å². The van der Waals surface area contributed by atoms with Crippen LogP contribution in [0.15, 0.2) is 36.5 Å². The molecular weight excluding hydrogens is 252 g/mol. The molecule has 0 aliphatic heterocycles. The van der Waals surface area contributed by atoms with Crippen molar-refractivity contribution in [3.8, 4) is 5.75 Å². The molecule has 0 unspecified atom stereocenters. The molecule has 0 amide bonds. The van der Waals surface area contributed by atoms with E-state index in [2.05, 4.69) is 10.2 Å². The number of carbonyl (C=O) groups is 1. The average molecular weight is 263 g/mol. The molecule has 18 heavy (non-hydrogen) atoms. The van der Waals surface area contributed by atoms with E-state index in [0.717, 1.165) is 0 Å². The quantitative estimate of drug-likeness (QED) is 0.795. The Balaban J connectivity index is 2.19. The van der Waals surface area contributed by atoms with Crippen LogP contribution in [0.3, 0.4) is 0 Å². The van der Waals surface area contributed by atoms with Crippen LogP contribution in [0.5, 0.6) is 5.75 Å². The number of ketones is 1. The lowest BCUT2D eigenvalue weighted by Gasteiger charge is -2.05. The van der Waals surface area contributed by atoms with Gasteiger partial charge in [-0.05, 0) is 30.3 Å². The lowest BCUT2D eigenvalue weighted by molar-refractivity contribution is 0.0992. The van der Waals surface area contributed by atoms with Crippen LogP contribution in [-0.4, -0.2) is 23.1 Å². The van der Waals surface area contributed by atoms with Gasteiger partial charge in [-0.15, -0.1) is 0 Å². The Morgan fingerprint density at radius 2 is 2.22 bits per heavy atom. The summed E-state index contributed by atoms with van der Waals surface area (Å²) in [5.74, 6) is 0.527. The van der Waals surface area contributed by atoms with Crippen LogP contribution in [0.1, 0.15) is 16.1 Å². The van der Waals surface area contributed by atoms with Gasteiger partial charge in [-0.2, -0.15) is 10.2 Å². The summed E-state index contributed by atoms with van der Waals surface area (Å²) in [5, 5.41) is 7.97. The minimum Gasteiger partial charge on any atom is -0.497 e. The lowest BCUT2D eigenvalue weighted by atomic mass is 10.1. The van der Waals surface area contributed by atoms with Crippen molar-refractivity contribution in [1.29, 1.82) is 0 Å². The standard InChI is InChI=1S/C13H11ClN2O2/c1-18-10-4-5-11(12(14)8-10)13(17)7-9-3-2-6-15-16-9/h2-6,8H,7H2,1H3. The average Bonchev–Trinajstić information content (AvgIpc) is 2.39. The summed E-state index contributed by atoms with van der Waals surface area (Å²) in [6.45, 7) is 0. The summed E-state index contributed by atoms with van der Waals surface area (Å²) in [6, 6.07) is 8.47. The number of carbonyl (C=O) groups excluding carboxylic acids is 1. The topological polar surface area (TPSA) is 52.1 Å². The first-order valence-electron chi connectivity index (χ1n) is 5.34. The van der Waals surface area contributed by atoms with Crippen LogP contribution < -0.4 is 4.74 Å². The van der Waals surface area contributed by atoms with Crippen molar-refractivity contribution in [3.63, 3.8) is 0 Å². The number of hydrogen-bond acceptors (Lipinski definition) is 4. The molecular formula is C13H11ClN2O2. The molecule has 92 valence electrons. The molecule has 5 heteroatoms. The largest absolute Gasteiger partial charge is 0.497 e. The first kappa shape index (κ1) is 12.5. The fraction of sp³-hybridized carbons (Fsp3) is 0.154. The number of Topliss-reactive ketones (excluding diaryl/α,β-unsaturated/α-hetero) is 1.